The molecule has 1 saturated carbocycles. The molecule has 1 amide bonds. The molecule has 114 valence electrons. The molecule has 22 heavy (non-hydrogen) atoms. The molecule has 0 radical (unpaired) electrons. The second-order valence-electron chi connectivity index (χ2n) is 5.97. The molecule has 3 nitrogen and oxygen atoms in total. The highest BCUT2D eigenvalue weighted by atomic mass is 16.2. The van der Waals surface area contributed by atoms with Crippen molar-refractivity contribution >= 4 is 11.6 Å². The van der Waals surface area contributed by atoms with Crippen LogP contribution < -0.4 is 5.32 Å². The molecule has 1 aliphatic carbocycles. The predicted molar refractivity (Wildman–Crippen MR) is 87.9 cm³/mol. The van der Waals surface area contributed by atoms with Crippen molar-refractivity contribution in [2.75, 3.05) is 11.9 Å². The van der Waals surface area contributed by atoms with Crippen LogP contribution in [-0.2, 0) is 11.2 Å². The summed E-state index contributed by atoms with van der Waals surface area (Å²) in [6.07, 6.45) is 1.57. The molecule has 3 heteroatoms. The maximum absolute atomic E-state index is 12.3. The Morgan fingerprint density at radius 2 is 1.91 bits per heavy atom. The van der Waals surface area contributed by atoms with Crippen LogP contribution in [0.25, 0.3) is 0 Å². The molecule has 1 aliphatic rings. The standard InChI is InChI=1S/C19H21NO2/c1-13-4-2-3-5-16(13)17-12-18(17)19(22)20-15-8-6-14(7-9-15)10-11-21/h2-9,17-18,21H,10-12H2,1H3,(H,20,22). The summed E-state index contributed by atoms with van der Waals surface area (Å²) in [6, 6.07) is 16.0. The number of rotatable bonds is 5. The van der Waals surface area contributed by atoms with Crippen LogP contribution >= 0.6 is 0 Å². The molecule has 0 heterocycles. The molecular weight excluding hydrogens is 274 g/mol. The normalized spacial score (nSPS) is 19.7. The Hall–Kier alpha value is -2.13. The van der Waals surface area contributed by atoms with Crippen LogP contribution in [0.1, 0.15) is 29.0 Å². The van der Waals surface area contributed by atoms with Crippen molar-refractivity contribution < 1.29 is 9.90 Å². The van der Waals surface area contributed by atoms with E-state index in [-0.39, 0.29) is 18.4 Å². The van der Waals surface area contributed by atoms with E-state index < -0.39 is 0 Å². The molecule has 2 aromatic rings. The number of anilines is 1. The van der Waals surface area contributed by atoms with Gasteiger partial charge in [-0.25, -0.2) is 0 Å². The molecule has 0 spiro atoms. The van der Waals surface area contributed by atoms with Gasteiger partial charge >= 0.3 is 0 Å². The summed E-state index contributed by atoms with van der Waals surface area (Å²) in [6.45, 7) is 2.24. The third-order valence-electron chi connectivity index (χ3n) is 4.34. The highest BCUT2D eigenvalue weighted by Crippen LogP contribution is 2.48. The monoisotopic (exact) mass is 295 g/mol. The van der Waals surface area contributed by atoms with Gasteiger partial charge in [0.2, 0.25) is 5.91 Å². The van der Waals surface area contributed by atoms with E-state index in [4.69, 9.17) is 5.11 Å². The first-order valence-corrected chi connectivity index (χ1v) is 7.75. The van der Waals surface area contributed by atoms with E-state index in [2.05, 4.69) is 24.4 Å². The first-order valence-electron chi connectivity index (χ1n) is 7.75. The highest BCUT2D eigenvalue weighted by Gasteiger charge is 2.44. The fraction of sp³-hybridized carbons (Fsp3) is 0.316. The van der Waals surface area contributed by atoms with Crippen molar-refractivity contribution in [1.82, 2.24) is 0 Å². The van der Waals surface area contributed by atoms with Crippen LogP contribution in [0.4, 0.5) is 5.69 Å². The molecule has 0 aliphatic heterocycles. The molecule has 2 N–H and O–H groups in total. The van der Waals surface area contributed by atoms with Gasteiger partial charge in [0.15, 0.2) is 0 Å². The van der Waals surface area contributed by atoms with E-state index in [1.807, 2.05) is 36.4 Å². The number of aryl methyl sites for hydroxylation is 1. The summed E-state index contributed by atoms with van der Waals surface area (Å²) in [4.78, 5) is 12.3. The van der Waals surface area contributed by atoms with Crippen LogP contribution in [-0.4, -0.2) is 17.6 Å². The Labute approximate surface area is 131 Å². The fourth-order valence-electron chi connectivity index (χ4n) is 2.95. The molecule has 0 bridgehead atoms. The number of nitrogens with one attached hydrogen (secondary N) is 1. The van der Waals surface area contributed by atoms with Crippen LogP contribution in [0.5, 0.6) is 0 Å². The zero-order valence-electron chi connectivity index (χ0n) is 12.8. The average Bonchev–Trinajstić information content (AvgIpc) is 3.30. The largest absolute Gasteiger partial charge is 0.396 e. The second kappa shape index (κ2) is 6.32. The zero-order chi connectivity index (χ0) is 15.5. The van der Waals surface area contributed by atoms with Gasteiger partial charge in [-0.15, -0.1) is 0 Å². The quantitative estimate of drug-likeness (QED) is 0.889. The Morgan fingerprint density at radius 1 is 1.18 bits per heavy atom. The minimum Gasteiger partial charge on any atom is -0.396 e. The van der Waals surface area contributed by atoms with Crippen LogP contribution in [0.3, 0.4) is 0 Å². The highest BCUT2D eigenvalue weighted by molar-refractivity contribution is 5.95. The number of hydrogen-bond donors (Lipinski definition) is 2. The van der Waals surface area contributed by atoms with Crippen molar-refractivity contribution in [3.8, 4) is 0 Å². The van der Waals surface area contributed by atoms with E-state index in [9.17, 15) is 4.79 Å². The van der Waals surface area contributed by atoms with E-state index in [0.29, 0.717) is 12.3 Å². The van der Waals surface area contributed by atoms with Crippen molar-refractivity contribution in [1.29, 1.82) is 0 Å². The molecule has 3 rings (SSSR count). The van der Waals surface area contributed by atoms with E-state index in [1.165, 1.54) is 11.1 Å². The van der Waals surface area contributed by atoms with Crippen molar-refractivity contribution in [2.24, 2.45) is 5.92 Å². The summed E-state index contributed by atoms with van der Waals surface area (Å²) >= 11 is 0. The van der Waals surface area contributed by atoms with Crippen molar-refractivity contribution in [3.05, 3.63) is 65.2 Å². The topological polar surface area (TPSA) is 49.3 Å². The van der Waals surface area contributed by atoms with E-state index in [1.54, 1.807) is 0 Å². The third-order valence-corrected chi connectivity index (χ3v) is 4.34. The minimum atomic E-state index is 0.0817. The summed E-state index contributed by atoms with van der Waals surface area (Å²) in [5.74, 6) is 0.538. The summed E-state index contributed by atoms with van der Waals surface area (Å²) in [5, 5.41) is 11.9. The average molecular weight is 295 g/mol. The lowest BCUT2D eigenvalue weighted by Gasteiger charge is -2.07. The Bertz CT molecular complexity index is 663. The van der Waals surface area contributed by atoms with Gasteiger partial charge in [-0.1, -0.05) is 36.4 Å². The second-order valence-corrected chi connectivity index (χ2v) is 5.97. The molecule has 2 aromatic carbocycles. The van der Waals surface area contributed by atoms with Crippen LogP contribution in [0.2, 0.25) is 0 Å². The predicted octanol–water partition coefficient (Wildman–Crippen LogP) is 3.27. The van der Waals surface area contributed by atoms with Gasteiger partial charge in [-0.2, -0.15) is 0 Å². The van der Waals surface area contributed by atoms with Crippen LogP contribution in [0, 0.1) is 12.8 Å². The maximum atomic E-state index is 12.3. The van der Waals surface area contributed by atoms with Gasteiger partial charge in [0.25, 0.3) is 0 Å². The third kappa shape index (κ3) is 3.20. The lowest BCUT2D eigenvalue weighted by atomic mass is 10.0. The van der Waals surface area contributed by atoms with Gasteiger partial charge in [0.05, 0.1) is 0 Å². The molecular formula is C19H21NO2. The Kier molecular flexibility index (Phi) is 4.25. The maximum Gasteiger partial charge on any atom is 0.228 e. The van der Waals surface area contributed by atoms with Gasteiger partial charge < -0.3 is 10.4 Å². The van der Waals surface area contributed by atoms with Gasteiger partial charge in [-0.3, -0.25) is 4.79 Å². The van der Waals surface area contributed by atoms with Crippen molar-refractivity contribution in [2.45, 2.75) is 25.7 Å². The lowest BCUT2D eigenvalue weighted by molar-refractivity contribution is -0.117. The molecule has 0 saturated heterocycles. The number of benzene rings is 2. The number of amides is 1. The first-order chi connectivity index (χ1) is 10.7. The van der Waals surface area contributed by atoms with Gasteiger partial charge in [-0.05, 0) is 54.5 Å². The molecule has 1 fully saturated rings. The number of aliphatic hydroxyl groups is 1. The number of carbonyl (C=O) groups is 1. The first kappa shape index (κ1) is 14.8. The fourth-order valence-corrected chi connectivity index (χ4v) is 2.95. The summed E-state index contributed by atoms with van der Waals surface area (Å²) in [5.41, 5.74) is 4.45. The number of aliphatic hydroxyl groups excluding tert-OH is 1. The van der Waals surface area contributed by atoms with E-state index in [0.717, 1.165) is 17.7 Å². The Morgan fingerprint density at radius 3 is 2.59 bits per heavy atom. The van der Waals surface area contributed by atoms with Crippen molar-refractivity contribution in [3.63, 3.8) is 0 Å². The summed E-state index contributed by atoms with van der Waals surface area (Å²) in [7, 11) is 0. The molecule has 0 aromatic heterocycles. The SMILES string of the molecule is Cc1ccccc1C1CC1C(=O)Nc1ccc(CCO)cc1. The number of carbonyl (C=O) groups excluding carboxylic acids is 1. The smallest absolute Gasteiger partial charge is 0.228 e. The summed E-state index contributed by atoms with van der Waals surface area (Å²) < 4.78 is 0. The number of hydrogen-bond acceptors (Lipinski definition) is 2. The van der Waals surface area contributed by atoms with Gasteiger partial charge in [0.1, 0.15) is 0 Å². The lowest BCUT2D eigenvalue weighted by Crippen LogP contribution is -2.14. The zero-order valence-corrected chi connectivity index (χ0v) is 12.8. The molecule has 2 atom stereocenters. The minimum absolute atomic E-state index is 0.0817. The van der Waals surface area contributed by atoms with E-state index >= 15 is 0 Å². The molecule has 2 unspecified atom stereocenters. The van der Waals surface area contributed by atoms with Crippen LogP contribution in [0.15, 0.2) is 48.5 Å². The van der Waals surface area contributed by atoms with Gasteiger partial charge in [0, 0.05) is 18.2 Å². The Balaban J connectivity index is 1.61.